The van der Waals surface area contributed by atoms with Crippen LogP contribution in [-0.2, 0) is 0 Å². The van der Waals surface area contributed by atoms with Crippen LogP contribution in [0.4, 0.5) is 0 Å². The molecule has 1 atom stereocenters. The zero-order valence-electron chi connectivity index (χ0n) is 13.1. The number of rotatable bonds is 5. The molecule has 3 rings (SSSR count). The van der Waals surface area contributed by atoms with Gasteiger partial charge in [0.2, 0.25) is 0 Å². The number of benzene rings is 1. The first-order valence-electron chi connectivity index (χ1n) is 8.17. The van der Waals surface area contributed by atoms with Gasteiger partial charge in [-0.25, -0.2) is 0 Å². The number of piperidine rings is 1. The first kappa shape index (κ1) is 15.0. The van der Waals surface area contributed by atoms with E-state index in [1.807, 2.05) is 24.3 Å². The van der Waals surface area contributed by atoms with Crippen LogP contribution in [0.2, 0.25) is 0 Å². The van der Waals surface area contributed by atoms with Crippen molar-refractivity contribution in [1.29, 1.82) is 0 Å². The van der Waals surface area contributed by atoms with Gasteiger partial charge in [0.25, 0.3) is 5.91 Å². The van der Waals surface area contributed by atoms with Crippen molar-refractivity contribution in [2.75, 3.05) is 26.2 Å². The Hall–Kier alpha value is -1.88. The van der Waals surface area contributed by atoms with Crippen LogP contribution < -0.4 is 5.32 Å². The first-order chi connectivity index (χ1) is 10.7. The molecule has 1 saturated heterocycles. The van der Waals surface area contributed by atoms with Crippen molar-refractivity contribution in [2.24, 2.45) is 5.92 Å². The summed E-state index contributed by atoms with van der Waals surface area (Å²) in [6.45, 7) is 6.47. The summed E-state index contributed by atoms with van der Waals surface area (Å²) >= 11 is 0. The van der Waals surface area contributed by atoms with Crippen molar-refractivity contribution < 1.29 is 4.79 Å². The Morgan fingerprint density at radius 2 is 2.32 bits per heavy atom. The molecule has 5 heteroatoms. The van der Waals surface area contributed by atoms with Crippen LogP contribution in [-0.4, -0.2) is 47.2 Å². The summed E-state index contributed by atoms with van der Waals surface area (Å²) in [5, 5.41) is 10.9. The number of aromatic amines is 1. The van der Waals surface area contributed by atoms with Crippen molar-refractivity contribution in [3.05, 3.63) is 30.0 Å². The Morgan fingerprint density at radius 3 is 3.18 bits per heavy atom. The second-order valence-electron chi connectivity index (χ2n) is 6.28. The molecule has 0 aliphatic carbocycles. The average Bonchev–Trinajstić information content (AvgIpc) is 2.95. The lowest BCUT2D eigenvalue weighted by atomic mass is 10.0. The van der Waals surface area contributed by atoms with E-state index in [1.165, 1.54) is 25.9 Å². The molecule has 0 spiro atoms. The molecule has 0 saturated carbocycles. The summed E-state index contributed by atoms with van der Waals surface area (Å²) in [5.74, 6) is 0.711. The molecule has 1 amide bonds. The van der Waals surface area contributed by atoms with Crippen LogP contribution in [0.3, 0.4) is 0 Å². The second kappa shape index (κ2) is 6.92. The number of likely N-dealkylation sites (tertiary alicyclic amines) is 1. The molecule has 22 heavy (non-hydrogen) atoms. The van der Waals surface area contributed by atoms with Gasteiger partial charge in [0.05, 0.1) is 5.52 Å². The lowest BCUT2D eigenvalue weighted by molar-refractivity contribution is 0.0946. The van der Waals surface area contributed by atoms with Gasteiger partial charge in [-0.3, -0.25) is 9.89 Å². The van der Waals surface area contributed by atoms with E-state index in [-0.39, 0.29) is 5.91 Å². The monoisotopic (exact) mass is 300 g/mol. The number of amides is 1. The highest BCUT2D eigenvalue weighted by molar-refractivity contribution is 6.04. The molecule has 0 bridgehead atoms. The Kier molecular flexibility index (Phi) is 4.73. The van der Waals surface area contributed by atoms with E-state index >= 15 is 0 Å². The third-order valence-corrected chi connectivity index (χ3v) is 4.36. The third-order valence-electron chi connectivity index (χ3n) is 4.36. The molecule has 1 aliphatic rings. The fourth-order valence-electron chi connectivity index (χ4n) is 3.21. The van der Waals surface area contributed by atoms with Crippen LogP contribution in [0.25, 0.3) is 10.9 Å². The minimum Gasteiger partial charge on any atom is -0.351 e. The van der Waals surface area contributed by atoms with E-state index in [2.05, 4.69) is 27.3 Å². The summed E-state index contributed by atoms with van der Waals surface area (Å²) in [7, 11) is 0. The van der Waals surface area contributed by atoms with Crippen molar-refractivity contribution >= 4 is 16.8 Å². The molecule has 2 aromatic rings. The number of aromatic nitrogens is 2. The summed E-state index contributed by atoms with van der Waals surface area (Å²) in [6.07, 6.45) is 3.63. The number of carbonyl (C=O) groups excluding carboxylic acids is 1. The summed E-state index contributed by atoms with van der Waals surface area (Å²) in [6, 6.07) is 7.70. The van der Waals surface area contributed by atoms with Crippen LogP contribution in [0, 0.1) is 5.92 Å². The molecule has 1 aromatic heterocycles. The number of hydrogen-bond acceptors (Lipinski definition) is 3. The summed E-state index contributed by atoms with van der Waals surface area (Å²) in [4.78, 5) is 14.7. The Bertz CT molecular complexity index is 636. The Morgan fingerprint density at radius 1 is 1.45 bits per heavy atom. The molecule has 118 valence electrons. The third kappa shape index (κ3) is 3.47. The van der Waals surface area contributed by atoms with E-state index in [4.69, 9.17) is 0 Å². The summed E-state index contributed by atoms with van der Waals surface area (Å²) < 4.78 is 0. The number of fused-ring (bicyclic) bond motifs is 1. The smallest absolute Gasteiger partial charge is 0.272 e. The zero-order chi connectivity index (χ0) is 15.4. The minimum atomic E-state index is -0.0931. The van der Waals surface area contributed by atoms with Crippen LogP contribution in [0.1, 0.15) is 36.7 Å². The van der Waals surface area contributed by atoms with Gasteiger partial charge in [0.15, 0.2) is 5.69 Å². The molecule has 1 aliphatic heterocycles. The number of H-pyrrole nitrogens is 1. The number of para-hydroxylation sites is 1. The summed E-state index contributed by atoms with van der Waals surface area (Å²) in [5.41, 5.74) is 1.39. The molecule has 0 radical (unpaired) electrons. The number of hydrogen-bond donors (Lipinski definition) is 2. The Labute approximate surface area is 131 Å². The van der Waals surface area contributed by atoms with Gasteiger partial charge in [0, 0.05) is 18.5 Å². The molecular formula is C17H24N4O. The van der Waals surface area contributed by atoms with Crippen LogP contribution >= 0.6 is 0 Å². The van der Waals surface area contributed by atoms with Gasteiger partial charge in [-0.15, -0.1) is 0 Å². The quantitative estimate of drug-likeness (QED) is 0.834. The number of nitrogens with zero attached hydrogens (tertiary/aromatic N) is 2. The fourth-order valence-corrected chi connectivity index (χ4v) is 3.21. The molecular weight excluding hydrogens is 276 g/mol. The molecule has 1 fully saturated rings. The average molecular weight is 300 g/mol. The lowest BCUT2D eigenvalue weighted by Crippen LogP contribution is -2.36. The molecule has 0 unspecified atom stereocenters. The van der Waals surface area contributed by atoms with E-state index in [0.29, 0.717) is 12.2 Å². The normalized spacial score (nSPS) is 19.4. The first-order valence-corrected chi connectivity index (χ1v) is 8.17. The van der Waals surface area contributed by atoms with Gasteiger partial charge in [-0.05, 0) is 44.3 Å². The zero-order valence-corrected chi connectivity index (χ0v) is 13.1. The largest absolute Gasteiger partial charge is 0.351 e. The maximum absolute atomic E-state index is 12.2. The molecule has 1 aromatic carbocycles. The molecule has 2 heterocycles. The van der Waals surface area contributed by atoms with Crippen LogP contribution in [0.5, 0.6) is 0 Å². The van der Waals surface area contributed by atoms with Gasteiger partial charge in [-0.1, -0.05) is 25.1 Å². The van der Waals surface area contributed by atoms with Crippen LogP contribution in [0.15, 0.2) is 24.3 Å². The predicted molar refractivity (Wildman–Crippen MR) is 87.9 cm³/mol. The number of nitrogens with one attached hydrogen (secondary N) is 2. The highest BCUT2D eigenvalue weighted by atomic mass is 16.1. The maximum atomic E-state index is 12.2. The highest BCUT2D eigenvalue weighted by Gasteiger charge is 2.16. The van der Waals surface area contributed by atoms with Gasteiger partial charge < -0.3 is 10.2 Å². The minimum absolute atomic E-state index is 0.0931. The van der Waals surface area contributed by atoms with E-state index in [9.17, 15) is 4.79 Å². The predicted octanol–water partition coefficient (Wildman–Crippen LogP) is 2.41. The lowest BCUT2D eigenvalue weighted by Gasteiger charge is -2.30. The van der Waals surface area contributed by atoms with E-state index in [0.717, 1.165) is 29.8 Å². The second-order valence-corrected chi connectivity index (χ2v) is 6.28. The van der Waals surface area contributed by atoms with Gasteiger partial charge >= 0.3 is 0 Å². The van der Waals surface area contributed by atoms with Gasteiger partial charge in [-0.2, -0.15) is 5.10 Å². The standard InChI is InChI=1S/C17H24N4O/c1-13-6-4-10-21(12-13)11-5-9-18-17(22)16-14-7-2-3-8-15(14)19-20-16/h2-3,7-8,13H,4-6,9-12H2,1H3,(H,18,22)(H,19,20)/t13-/m0/s1. The highest BCUT2D eigenvalue weighted by Crippen LogP contribution is 2.16. The van der Waals surface area contributed by atoms with Crippen molar-refractivity contribution in [1.82, 2.24) is 20.4 Å². The van der Waals surface area contributed by atoms with E-state index < -0.39 is 0 Å². The Balaban J connectivity index is 1.46. The molecule has 2 N–H and O–H groups in total. The van der Waals surface area contributed by atoms with Crippen molar-refractivity contribution in [2.45, 2.75) is 26.2 Å². The van der Waals surface area contributed by atoms with E-state index in [1.54, 1.807) is 0 Å². The SMILES string of the molecule is C[C@H]1CCCN(CCCNC(=O)c2n[nH]c3ccccc23)C1. The number of carbonyl (C=O) groups is 1. The molecule has 5 nitrogen and oxygen atoms in total. The van der Waals surface area contributed by atoms with Gasteiger partial charge in [0.1, 0.15) is 0 Å². The maximum Gasteiger partial charge on any atom is 0.272 e. The topological polar surface area (TPSA) is 61.0 Å². The van der Waals surface area contributed by atoms with Crippen molar-refractivity contribution in [3.8, 4) is 0 Å². The fraction of sp³-hybridized carbons (Fsp3) is 0.529. The van der Waals surface area contributed by atoms with Crippen molar-refractivity contribution in [3.63, 3.8) is 0 Å².